The largest absolute Gasteiger partial charge is 0.444 e. The number of aryl methyl sites for hydroxylation is 1. The number of likely N-dealkylation sites (N-methyl/N-ethyl adjacent to an activating group) is 1. The molecule has 3 amide bonds. The fourth-order valence-electron chi connectivity index (χ4n) is 3.46. The van der Waals surface area contributed by atoms with E-state index in [4.69, 9.17) is 4.74 Å². The van der Waals surface area contributed by atoms with Gasteiger partial charge in [-0.25, -0.2) is 4.79 Å². The van der Waals surface area contributed by atoms with Crippen LogP contribution < -0.4 is 10.6 Å². The molecule has 0 saturated heterocycles. The highest BCUT2D eigenvalue weighted by molar-refractivity contribution is 5.92. The number of nitrogens with zero attached hydrogens (tertiary/aromatic N) is 1. The molecule has 0 aliphatic carbocycles. The highest BCUT2D eigenvalue weighted by Crippen LogP contribution is 2.27. The standard InChI is InChI=1S/C25H41N3O4/c1-9-11-12-16-26-22(29)21(20-15-13-14-17(3)18(20)4)28(10-2)23(30)19(5)27-24(31)32-25(6,7)8/h13-15,19,21H,9-12,16H2,1-8H3,(H,26,29)(H,27,31). The zero-order valence-corrected chi connectivity index (χ0v) is 21.0. The van der Waals surface area contributed by atoms with E-state index in [1.165, 1.54) is 4.90 Å². The van der Waals surface area contributed by atoms with Gasteiger partial charge in [-0.15, -0.1) is 0 Å². The molecule has 0 bridgehead atoms. The molecule has 2 atom stereocenters. The van der Waals surface area contributed by atoms with Gasteiger partial charge < -0.3 is 20.3 Å². The van der Waals surface area contributed by atoms with Crippen LogP contribution >= 0.6 is 0 Å². The van der Waals surface area contributed by atoms with Crippen molar-refractivity contribution in [3.8, 4) is 0 Å². The second-order valence-corrected chi connectivity index (χ2v) is 9.18. The van der Waals surface area contributed by atoms with Crippen LogP contribution in [0.4, 0.5) is 4.79 Å². The van der Waals surface area contributed by atoms with Crippen LogP contribution in [-0.4, -0.2) is 47.5 Å². The summed E-state index contributed by atoms with van der Waals surface area (Å²) in [5, 5.41) is 5.60. The monoisotopic (exact) mass is 447 g/mol. The second-order valence-electron chi connectivity index (χ2n) is 9.18. The quantitative estimate of drug-likeness (QED) is 0.520. The Morgan fingerprint density at radius 1 is 1.09 bits per heavy atom. The zero-order chi connectivity index (χ0) is 24.5. The summed E-state index contributed by atoms with van der Waals surface area (Å²) in [6.07, 6.45) is 2.31. The Morgan fingerprint density at radius 3 is 2.31 bits per heavy atom. The van der Waals surface area contributed by atoms with E-state index >= 15 is 0 Å². The van der Waals surface area contributed by atoms with Gasteiger partial charge in [0.05, 0.1) is 0 Å². The first-order valence-electron chi connectivity index (χ1n) is 11.6. The molecule has 7 heteroatoms. The maximum Gasteiger partial charge on any atom is 0.408 e. The third-order valence-corrected chi connectivity index (χ3v) is 5.31. The number of carbonyl (C=O) groups excluding carboxylic acids is 3. The van der Waals surface area contributed by atoms with Crippen molar-refractivity contribution in [2.45, 2.75) is 92.3 Å². The van der Waals surface area contributed by atoms with Gasteiger partial charge in [0.15, 0.2) is 0 Å². The van der Waals surface area contributed by atoms with Gasteiger partial charge in [0, 0.05) is 13.1 Å². The van der Waals surface area contributed by atoms with E-state index in [1.807, 2.05) is 39.0 Å². The third-order valence-electron chi connectivity index (χ3n) is 5.31. The maximum atomic E-state index is 13.3. The van der Waals surface area contributed by atoms with Crippen LogP contribution in [-0.2, 0) is 14.3 Å². The summed E-state index contributed by atoms with van der Waals surface area (Å²) in [5.41, 5.74) is 2.14. The number of benzene rings is 1. The van der Waals surface area contributed by atoms with Crippen molar-refractivity contribution in [1.29, 1.82) is 0 Å². The lowest BCUT2D eigenvalue weighted by atomic mass is 9.95. The normalized spacial score (nSPS) is 13.1. The van der Waals surface area contributed by atoms with E-state index in [0.29, 0.717) is 13.1 Å². The molecule has 0 aromatic heterocycles. The van der Waals surface area contributed by atoms with Crippen molar-refractivity contribution in [2.24, 2.45) is 0 Å². The van der Waals surface area contributed by atoms with Crippen LogP contribution in [0, 0.1) is 13.8 Å². The van der Waals surface area contributed by atoms with Crippen molar-refractivity contribution < 1.29 is 19.1 Å². The summed E-state index contributed by atoms with van der Waals surface area (Å²) in [4.78, 5) is 40.3. The van der Waals surface area contributed by atoms with Crippen LogP contribution in [0.5, 0.6) is 0 Å². The van der Waals surface area contributed by atoms with Crippen molar-refractivity contribution in [3.05, 3.63) is 34.9 Å². The fourth-order valence-corrected chi connectivity index (χ4v) is 3.46. The Balaban J connectivity index is 3.18. The number of ether oxygens (including phenoxy) is 1. The van der Waals surface area contributed by atoms with Crippen LogP contribution in [0.15, 0.2) is 18.2 Å². The first-order chi connectivity index (χ1) is 14.9. The van der Waals surface area contributed by atoms with Gasteiger partial charge in [0.1, 0.15) is 17.7 Å². The number of rotatable bonds is 10. The molecule has 0 saturated carbocycles. The van der Waals surface area contributed by atoms with Crippen molar-refractivity contribution >= 4 is 17.9 Å². The van der Waals surface area contributed by atoms with Crippen LogP contribution in [0.25, 0.3) is 0 Å². The number of hydrogen-bond acceptors (Lipinski definition) is 4. The molecule has 0 aliphatic rings. The highest BCUT2D eigenvalue weighted by atomic mass is 16.6. The molecule has 0 fully saturated rings. The topological polar surface area (TPSA) is 87.7 Å². The van der Waals surface area contributed by atoms with E-state index in [2.05, 4.69) is 17.6 Å². The lowest BCUT2D eigenvalue weighted by molar-refractivity contribution is -0.142. The van der Waals surface area contributed by atoms with Gasteiger partial charge in [-0.05, 0) is 71.6 Å². The Bertz CT molecular complexity index is 786. The Labute approximate surface area is 193 Å². The van der Waals surface area contributed by atoms with E-state index in [9.17, 15) is 14.4 Å². The predicted molar refractivity (Wildman–Crippen MR) is 127 cm³/mol. The molecule has 1 aromatic carbocycles. The van der Waals surface area contributed by atoms with Crippen molar-refractivity contribution in [2.75, 3.05) is 13.1 Å². The predicted octanol–water partition coefficient (Wildman–Crippen LogP) is 4.41. The fraction of sp³-hybridized carbons (Fsp3) is 0.640. The first-order valence-corrected chi connectivity index (χ1v) is 11.6. The van der Waals surface area contributed by atoms with Gasteiger partial charge in [-0.1, -0.05) is 38.0 Å². The van der Waals surface area contributed by atoms with Gasteiger partial charge in [0.2, 0.25) is 11.8 Å². The second kappa shape index (κ2) is 12.5. The van der Waals surface area contributed by atoms with E-state index in [0.717, 1.165) is 36.0 Å². The van der Waals surface area contributed by atoms with Gasteiger partial charge in [-0.2, -0.15) is 0 Å². The summed E-state index contributed by atoms with van der Waals surface area (Å²) >= 11 is 0. The minimum Gasteiger partial charge on any atom is -0.444 e. The van der Waals surface area contributed by atoms with Crippen molar-refractivity contribution in [1.82, 2.24) is 15.5 Å². The average molecular weight is 448 g/mol. The van der Waals surface area contributed by atoms with E-state index in [-0.39, 0.29) is 11.8 Å². The molecular weight excluding hydrogens is 406 g/mol. The summed E-state index contributed by atoms with van der Waals surface area (Å²) in [6, 6.07) is 4.15. The molecule has 2 unspecified atom stereocenters. The summed E-state index contributed by atoms with van der Waals surface area (Å²) in [5.74, 6) is -0.553. The Morgan fingerprint density at radius 2 is 1.75 bits per heavy atom. The highest BCUT2D eigenvalue weighted by Gasteiger charge is 2.34. The van der Waals surface area contributed by atoms with Crippen LogP contribution in [0.1, 0.15) is 83.5 Å². The molecule has 7 nitrogen and oxygen atoms in total. The Hall–Kier alpha value is -2.57. The number of alkyl carbamates (subject to hydrolysis) is 1. The average Bonchev–Trinajstić information content (AvgIpc) is 2.69. The Kier molecular flexibility index (Phi) is 10.7. The molecule has 180 valence electrons. The van der Waals surface area contributed by atoms with E-state index in [1.54, 1.807) is 27.7 Å². The lowest BCUT2D eigenvalue weighted by Gasteiger charge is -2.33. The number of nitrogens with one attached hydrogen (secondary N) is 2. The van der Waals surface area contributed by atoms with Crippen LogP contribution in [0.2, 0.25) is 0 Å². The van der Waals surface area contributed by atoms with E-state index < -0.39 is 23.8 Å². The smallest absolute Gasteiger partial charge is 0.408 e. The minimum atomic E-state index is -0.842. The summed E-state index contributed by atoms with van der Waals surface area (Å²) in [6.45, 7) is 15.7. The molecule has 0 heterocycles. The number of carbonyl (C=O) groups is 3. The minimum absolute atomic E-state index is 0.213. The molecule has 0 spiro atoms. The molecular formula is C25H41N3O4. The molecule has 1 aromatic rings. The number of amides is 3. The maximum absolute atomic E-state index is 13.3. The SMILES string of the molecule is CCCCCNC(=O)C(c1cccc(C)c1C)N(CC)C(=O)C(C)NC(=O)OC(C)(C)C. The number of hydrogen-bond donors (Lipinski definition) is 2. The van der Waals surface area contributed by atoms with Gasteiger partial charge in [0.25, 0.3) is 0 Å². The lowest BCUT2D eigenvalue weighted by Crippen LogP contribution is -2.52. The van der Waals surface area contributed by atoms with Crippen LogP contribution in [0.3, 0.4) is 0 Å². The molecule has 0 radical (unpaired) electrons. The van der Waals surface area contributed by atoms with Crippen molar-refractivity contribution in [3.63, 3.8) is 0 Å². The first kappa shape index (κ1) is 27.5. The molecule has 2 N–H and O–H groups in total. The number of unbranched alkanes of at least 4 members (excludes halogenated alkanes) is 2. The summed E-state index contributed by atoms with van der Waals surface area (Å²) in [7, 11) is 0. The summed E-state index contributed by atoms with van der Waals surface area (Å²) < 4.78 is 5.28. The zero-order valence-electron chi connectivity index (χ0n) is 21.0. The molecule has 0 aliphatic heterocycles. The van der Waals surface area contributed by atoms with Gasteiger partial charge >= 0.3 is 6.09 Å². The third kappa shape index (κ3) is 8.17. The molecule has 32 heavy (non-hydrogen) atoms. The van der Waals surface area contributed by atoms with Gasteiger partial charge in [-0.3, -0.25) is 9.59 Å². The molecule has 1 rings (SSSR count).